The zero-order chi connectivity index (χ0) is 21.6. The lowest BCUT2D eigenvalue weighted by atomic mass is 10.2. The minimum Gasteiger partial charge on any atom is -0.494 e. The Labute approximate surface area is 184 Å². The molecular weight excluding hydrogens is 412 g/mol. The summed E-state index contributed by atoms with van der Waals surface area (Å²) in [5.41, 5.74) is 1.50. The summed E-state index contributed by atoms with van der Waals surface area (Å²) in [5.74, 6) is 2.06. The summed E-state index contributed by atoms with van der Waals surface area (Å²) < 4.78 is 13.2. The fourth-order valence-corrected chi connectivity index (χ4v) is 3.84. The first-order valence-electron chi connectivity index (χ1n) is 9.86. The summed E-state index contributed by atoms with van der Waals surface area (Å²) in [6, 6.07) is 17.0. The molecule has 2 aromatic carbocycles. The monoisotopic (exact) mass is 434 g/mol. The molecule has 7 nitrogen and oxygen atoms in total. The highest BCUT2D eigenvalue weighted by molar-refractivity contribution is 7.99. The van der Waals surface area contributed by atoms with Crippen molar-refractivity contribution in [2.24, 2.45) is 0 Å². The Kier molecular flexibility index (Phi) is 6.37. The van der Waals surface area contributed by atoms with E-state index in [9.17, 15) is 4.79 Å². The van der Waals surface area contributed by atoms with Crippen molar-refractivity contribution in [2.45, 2.75) is 18.6 Å². The molecule has 2 heterocycles. The molecule has 4 rings (SSSR count). The number of para-hydroxylation sites is 1. The number of benzene rings is 2. The Balaban J connectivity index is 1.45. The minimum absolute atomic E-state index is 0.132. The number of hydrogen-bond donors (Lipinski definition) is 1. The molecule has 0 fully saturated rings. The largest absolute Gasteiger partial charge is 0.494 e. The van der Waals surface area contributed by atoms with Gasteiger partial charge in [0.25, 0.3) is 0 Å². The van der Waals surface area contributed by atoms with E-state index in [2.05, 4.69) is 22.1 Å². The third-order valence-corrected chi connectivity index (χ3v) is 5.42. The molecule has 4 aromatic rings. The predicted octanol–water partition coefficient (Wildman–Crippen LogP) is 5.01. The van der Waals surface area contributed by atoms with Gasteiger partial charge in [-0.1, -0.05) is 36.0 Å². The van der Waals surface area contributed by atoms with Gasteiger partial charge in [0.2, 0.25) is 11.7 Å². The number of anilines is 1. The number of aromatic nitrogens is 3. The van der Waals surface area contributed by atoms with E-state index in [0.29, 0.717) is 35.6 Å². The van der Waals surface area contributed by atoms with Gasteiger partial charge < -0.3 is 14.5 Å². The van der Waals surface area contributed by atoms with Gasteiger partial charge in [-0.25, -0.2) is 0 Å². The first-order valence-corrected chi connectivity index (χ1v) is 10.8. The smallest absolute Gasteiger partial charge is 0.234 e. The molecule has 0 saturated carbocycles. The number of carbonyl (C=O) groups excluding carboxylic acids is 1. The summed E-state index contributed by atoms with van der Waals surface area (Å²) in [4.78, 5) is 12.4. The number of ether oxygens (including phenoxy) is 1. The second-order valence-corrected chi connectivity index (χ2v) is 7.59. The van der Waals surface area contributed by atoms with Gasteiger partial charge >= 0.3 is 0 Å². The van der Waals surface area contributed by atoms with Crippen LogP contribution in [0.3, 0.4) is 0 Å². The number of allylic oxidation sites excluding steroid dienone is 1. The van der Waals surface area contributed by atoms with Crippen molar-refractivity contribution in [1.82, 2.24) is 14.8 Å². The van der Waals surface area contributed by atoms with E-state index in [0.717, 1.165) is 16.7 Å². The van der Waals surface area contributed by atoms with Crippen molar-refractivity contribution in [3.8, 4) is 17.3 Å². The minimum atomic E-state index is -0.132. The summed E-state index contributed by atoms with van der Waals surface area (Å²) in [6.45, 7) is 6.85. The lowest BCUT2D eigenvalue weighted by molar-refractivity contribution is -0.113. The van der Waals surface area contributed by atoms with Crippen LogP contribution in [0.2, 0.25) is 0 Å². The number of furan rings is 1. The molecular formula is C23H22N4O3S. The molecule has 1 amide bonds. The van der Waals surface area contributed by atoms with Crippen LogP contribution < -0.4 is 10.1 Å². The highest BCUT2D eigenvalue weighted by Gasteiger charge is 2.18. The van der Waals surface area contributed by atoms with Crippen LogP contribution >= 0.6 is 11.8 Å². The standard InChI is InChI=1S/C23H22N4O3S/c1-3-13-27-22(20-14-16-7-5-6-8-19(16)30-20)25-26-23(27)31-15-21(28)24-17-9-11-18(12-10-17)29-4-2/h3,5-12,14H,1,4,13,15H2,2H3,(H,24,28). The van der Waals surface area contributed by atoms with Crippen molar-refractivity contribution in [1.29, 1.82) is 0 Å². The van der Waals surface area contributed by atoms with Crippen molar-refractivity contribution >= 4 is 34.3 Å². The number of carbonyl (C=O) groups is 1. The molecule has 0 radical (unpaired) electrons. The maximum atomic E-state index is 12.4. The maximum absolute atomic E-state index is 12.4. The van der Waals surface area contributed by atoms with E-state index >= 15 is 0 Å². The van der Waals surface area contributed by atoms with E-state index < -0.39 is 0 Å². The molecule has 0 aliphatic heterocycles. The zero-order valence-corrected chi connectivity index (χ0v) is 17.9. The van der Waals surface area contributed by atoms with Crippen molar-refractivity contribution in [3.05, 3.63) is 67.3 Å². The fraction of sp³-hybridized carbons (Fsp3) is 0.174. The molecule has 8 heteroatoms. The Bertz CT molecular complexity index is 1160. The number of amides is 1. The van der Waals surface area contributed by atoms with Crippen LogP contribution in [0, 0.1) is 0 Å². The second-order valence-electron chi connectivity index (χ2n) is 6.65. The predicted molar refractivity (Wildman–Crippen MR) is 122 cm³/mol. The first kappa shape index (κ1) is 20.7. The summed E-state index contributed by atoms with van der Waals surface area (Å²) in [5, 5.41) is 13.1. The number of thioether (sulfide) groups is 1. The Morgan fingerprint density at radius 1 is 1.23 bits per heavy atom. The molecule has 158 valence electrons. The van der Waals surface area contributed by atoms with Gasteiger partial charge in [-0.3, -0.25) is 9.36 Å². The normalized spacial score (nSPS) is 10.9. The highest BCUT2D eigenvalue weighted by Crippen LogP contribution is 2.29. The Hall–Kier alpha value is -3.52. The summed E-state index contributed by atoms with van der Waals surface area (Å²) >= 11 is 1.31. The maximum Gasteiger partial charge on any atom is 0.234 e. The van der Waals surface area contributed by atoms with E-state index in [1.165, 1.54) is 11.8 Å². The van der Waals surface area contributed by atoms with Gasteiger partial charge in [0, 0.05) is 17.6 Å². The molecule has 0 aliphatic rings. The molecule has 31 heavy (non-hydrogen) atoms. The quantitative estimate of drug-likeness (QED) is 0.295. The first-order chi connectivity index (χ1) is 15.2. The molecule has 0 saturated heterocycles. The van der Waals surface area contributed by atoms with Gasteiger partial charge in [0.05, 0.1) is 12.4 Å². The molecule has 1 N–H and O–H groups in total. The van der Waals surface area contributed by atoms with E-state index in [1.807, 2.05) is 66.1 Å². The summed E-state index contributed by atoms with van der Waals surface area (Å²) in [7, 11) is 0. The van der Waals surface area contributed by atoms with E-state index in [-0.39, 0.29) is 11.7 Å². The third kappa shape index (κ3) is 4.80. The Morgan fingerprint density at radius 3 is 2.77 bits per heavy atom. The summed E-state index contributed by atoms with van der Waals surface area (Å²) in [6.07, 6.45) is 1.76. The Morgan fingerprint density at radius 2 is 2.03 bits per heavy atom. The van der Waals surface area contributed by atoms with Crippen molar-refractivity contribution < 1.29 is 13.9 Å². The number of hydrogen-bond acceptors (Lipinski definition) is 6. The fourth-order valence-electron chi connectivity index (χ4n) is 3.09. The van der Waals surface area contributed by atoms with Crippen LogP contribution in [0.4, 0.5) is 5.69 Å². The average Bonchev–Trinajstić information content (AvgIpc) is 3.38. The lowest BCUT2D eigenvalue weighted by Crippen LogP contribution is -2.14. The van der Waals surface area contributed by atoms with Crippen molar-refractivity contribution in [2.75, 3.05) is 17.7 Å². The van der Waals surface area contributed by atoms with Crippen LogP contribution in [0.5, 0.6) is 5.75 Å². The van der Waals surface area contributed by atoms with Gasteiger partial charge in [-0.05, 0) is 43.3 Å². The molecule has 0 spiro atoms. The number of nitrogens with zero attached hydrogens (tertiary/aromatic N) is 3. The molecule has 2 aromatic heterocycles. The SMILES string of the molecule is C=CCn1c(SCC(=O)Nc2ccc(OCC)cc2)nnc1-c1cc2ccccc2o1. The second kappa shape index (κ2) is 9.53. The molecule has 0 atom stereocenters. The van der Waals surface area contributed by atoms with Crippen LogP contribution in [0.1, 0.15) is 6.92 Å². The van der Waals surface area contributed by atoms with Gasteiger partial charge in [-0.2, -0.15) is 0 Å². The van der Waals surface area contributed by atoms with Crippen LogP contribution in [-0.2, 0) is 11.3 Å². The van der Waals surface area contributed by atoms with Crippen LogP contribution in [0.15, 0.2) is 76.8 Å². The molecule has 0 aliphatic carbocycles. The third-order valence-electron chi connectivity index (χ3n) is 4.46. The van der Waals surface area contributed by atoms with E-state index in [1.54, 1.807) is 6.08 Å². The molecule has 0 unspecified atom stereocenters. The zero-order valence-electron chi connectivity index (χ0n) is 17.1. The average molecular weight is 435 g/mol. The number of nitrogens with one attached hydrogen (secondary N) is 1. The lowest BCUT2D eigenvalue weighted by Gasteiger charge is -2.08. The van der Waals surface area contributed by atoms with Gasteiger partial charge in [0.1, 0.15) is 11.3 Å². The van der Waals surface area contributed by atoms with Crippen molar-refractivity contribution in [3.63, 3.8) is 0 Å². The molecule has 0 bridgehead atoms. The van der Waals surface area contributed by atoms with E-state index in [4.69, 9.17) is 9.15 Å². The topological polar surface area (TPSA) is 82.2 Å². The highest BCUT2D eigenvalue weighted by atomic mass is 32.2. The van der Waals surface area contributed by atoms with Gasteiger partial charge in [-0.15, -0.1) is 16.8 Å². The van der Waals surface area contributed by atoms with Crippen LogP contribution in [0.25, 0.3) is 22.6 Å². The number of fused-ring (bicyclic) bond motifs is 1. The van der Waals surface area contributed by atoms with Gasteiger partial charge in [0.15, 0.2) is 10.9 Å². The number of rotatable bonds is 9. The van der Waals surface area contributed by atoms with Crippen LogP contribution in [-0.4, -0.2) is 33.0 Å².